The van der Waals surface area contributed by atoms with Crippen LogP contribution < -0.4 is 4.90 Å². The molecule has 2 unspecified atom stereocenters. The van der Waals surface area contributed by atoms with E-state index in [1.807, 2.05) is 0 Å². The molecule has 4 nitrogen and oxygen atoms in total. The zero-order chi connectivity index (χ0) is 37.5. The van der Waals surface area contributed by atoms with Crippen LogP contribution in [0.15, 0.2) is 194 Å². The van der Waals surface area contributed by atoms with Crippen molar-refractivity contribution >= 4 is 65.5 Å². The molecule has 1 aliphatic carbocycles. The summed E-state index contributed by atoms with van der Waals surface area (Å²) in [5.74, 6) is 0.956. The zero-order valence-electron chi connectivity index (χ0n) is 30.8. The summed E-state index contributed by atoms with van der Waals surface area (Å²) >= 11 is 1.72. The Kier molecular flexibility index (Phi) is 7.19. The lowest BCUT2D eigenvalue weighted by Crippen LogP contribution is -2.28. The number of aromatic nitrogens is 3. The first-order valence-corrected chi connectivity index (χ1v) is 20.3. The average Bonchev–Trinajstić information content (AvgIpc) is 3.96. The van der Waals surface area contributed by atoms with Crippen LogP contribution in [0.1, 0.15) is 11.5 Å². The van der Waals surface area contributed by atoms with E-state index in [0.717, 1.165) is 32.5 Å². The fraction of sp³-hybridized carbons (Fsp3) is 0.0385. The third-order valence-electron chi connectivity index (χ3n) is 11.7. The molecule has 0 N–H and O–H groups in total. The van der Waals surface area contributed by atoms with E-state index in [2.05, 4.69) is 204 Å². The second-order valence-corrected chi connectivity index (χ2v) is 16.0. The van der Waals surface area contributed by atoms with Gasteiger partial charge in [-0.3, -0.25) is 4.57 Å². The van der Waals surface area contributed by atoms with E-state index in [9.17, 15) is 0 Å². The zero-order valence-corrected chi connectivity index (χ0v) is 31.6. The Labute approximate surface area is 334 Å². The van der Waals surface area contributed by atoms with Crippen molar-refractivity contribution in [1.82, 2.24) is 14.5 Å². The Morgan fingerprint density at radius 1 is 0.509 bits per heavy atom. The van der Waals surface area contributed by atoms with Crippen molar-refractivity contribution in [1.29, 1.82) is 0 Å². The van der Waals surface area contributed by atoms with Crippen LogP contribution in [-0.2, 0) is 0 Å². The molecule has 0 amide bonds. The van der Waals surface area contributed by atoms with Crippen LogP contribution in [-0.4, -0.2) is 20.6 Å². The molecule has 12 rings (SSSR count). The van der Waals surface area contributed by atoms with Crippen molar-refractivity contribution < 1.29 is 0 Å². The second kappa shape index (κ2) is 12.7. The van der Waals surface area contributed by atoms with E-state index in [4.69, 9.17) is 9.97 Å². The highest BCUT2D eigenvalue weighted by Gasteiger charge is 2.39. The average molecular weight is 747 g/mol. The molecule has 3 aromatic heterocycles. The van der Waals surface area contributed by atoms with Gasteiger partial charge in [-0.25, -0.2) is 9.97 Å². The number of thiophene rings is 1. The molecule has 7 aromatic carbocycles. The van der Waals surface area contributed by atoms with Gasteiger partial charge in [0.05, 0.1) is 28.5 Å². The van der Waals surface area contributed by atoms with Gasteiger partial charge >= 0.3 is 0 Å². The van der Waals surface area contributed by atoms with Gasteiger partial charge in [0.2, 0.25) is 5.95 Å². The number of para-hydroxylation sites is 2. The van der Waals surface area contributed by atoms with Crippen LogP contribution in [0.5, 0.6) is 0 Å². The van der Waals surface area contributed by atoms with E-state index in [0.29, 0.717) is 5.95 Å². The SMILES string of the molecule is C1=CC2c3cccc(-c4ccc5c(c4)c4cc6ccccc6cc4n5-c4nc(-c5ccccc5)c5cc(-c6ccccc6)sc5n4)c3N(c3ccccc3)C2C=C1. The summed E-state index contributed by atoms with van der Waals surface area (Å²) in [6.45, 7) is 0. The quantitative estimate of drug-likeness (QED) is 0.176. The molecule has 2 aliphatic rings. The first-order valence-electron chi connectivity index (χ1n) is 19.5. The highest BCUT2D eigenvalue weighted by molar-refractivity contribution is 7.21. The van der Waals surface area contributed by atoms with Gasteiger partial charge in [0.1, 0.15) is 4.83 Å². The van der Waals surface area contributed by atoms with Crippen molar-refractivity contribution in [3.63, 3.8) is 0 Å². The van der Waals surface area contributed by atoms with Gasteiger partial charge < -0.3 is 4.90 Å². The normalized spacial score (nSPS) is 15.9. The van der Waals surface area contributed by atoms with Crippen molar-refractivity contribution in [2.45, 2.75) is 12.0 Å². The Hall–Kier alpha value is -7.08. The van der Waals surface area contributed by atoms with Gasteiger partial charge in [-0.2, -0.15) is 0 Å². The highest BCUT2D eigenvalue weighted by Crippen LogP contribution is 2.52. The smallest absolute Gasteiger partial charge is 0.236 e. The van der Waals surface area contributed by atoms with Crippen LogP contribution in [0.4, 0.5) is 11.4 Å². The number of nitrogens with zero attached hydrogens (tertiary/aromatic N) is 4. The van der Waals surface area contributed by atoms with E-state index >= 15 is 0 Å². The molecule has 1 aliphatic heterocycles. The summed E-state index contributed by atoms with van der Waals surface area (Å²) in [5, 5.41) is 5.81. The molecule has 5 heteroatoms. The van der Waals surface area contributed by atoms with Crippen molar-refractivity contribution in [3.8, 4) is 38.8 Å². The maximum Gasteiger partial charge on any atom is 0.236 e. The van der Waals surface area contributed by atoms with Crippen LogP contribution in [0.3, 0.4) is 0 Å². The molecule has 0 radical (unpaired) electrons. The molecule has 2 atom stereocenters. The van der Waals surface area contributed by atoms with Gasteiger partial charge in [-0.15, -0.1) is 11.3 Å². The van der Waals surface area contributed by atoms with Gasteiger partial charge in [0.15, 0.2) is 0 Å². The third-order valence-corrected chi connectivity index (χ3v) is 12.8. The van der Waals surface area contributed by atoms with Gasteiger partial charge in [0.25, 0.3) is 0 Å². The van der Waals surface area contributed by atoms with Gasteiger partial charge in [0, 0.05) is 43.8 Å². The number of benzene rings is 7. The second-order valence-electron chi connectivity index (χ2n) is 15.0. The van der Waals surface area contributed by atoms with E-state index in [-0.39, 0.29) is 12.0 Å². The number of fused-ring (bicyclic) bond motifs is 8. The first-order chi connectivity index (χ1) is 28.3. The van der Waals surface area contributed by atoms with E-state index < -0.39 is 0 Å². The number of allylic oxidation sites excluding steroid dienone is 2. The molecule has 268 valence electrons. The maximum absolute atomic E-state index is 5.45. The standard InChI is InChI=1S/C52H34N4S/c1-4-15-33(16-5-1)48-32-44-49(34-17-6-2-7-18-34)53-52(54-51(44)57-48)56-46-28-27-37(30-42(46)43-29-35-19-10-11-20-36(35)31-47(43)56)39-24-14-25-41-40-23-12-13-26-45(40)55(50(39)41)38-21-8-3-9-22-38/h1-32,40,45H. The predicted octanol–water partition coefficient (Wildman–Crippen LogP) is 13.7. The molecule has 57 heavy (non-hydrogen) atoms. The summed E-state index contributed by atoms with van der Waals surface area (Å²) in [6.07, 6.45) is 9.09. The number of rotatable bonds is 5. The minimum atomic E-state index is 0.219. The Morgan fingerprint density at radius 3 is 2.02 bits per heavy atom. The fourth-order valence-electron chi connectivity index (χ4n) is 9.16. The van der Waals surface area contributed by atoms with Crippen molar-refractivity contribution in [2.24, 2.45) is 0 Å². The lowest BCUT2D eigenvalue weighted by molar-refractivity contribution is 0.745. The molecular weight excluding hydrogens is 713 g/mol. The molecular formula is C52H34N4S. The minimum absolute atomic E-state index is 0.219. The Balaban J connectivity index is 1.11. The molecule has 10 aromatic rings. The Bertz CT molecular complexity index is 3250. The highest BCUT2D eigenvalue weighted by atomic mass is 32.1. The predicted molar refractivity (Wildman–Crippen MR) is 239 cm³/mol. The van der Waals surface area contributed by atoms with Gasteiger partial charge in [-0.05, 0) is 69.9 Å². The van der Waals surface area contributed by atoms with Gasteiger partial charge in [-0.1, -0.05) is 152 Å². The third kappa shape index (κ3) is 5.06. The summed E-state index contributed by atoms with van der Waals surface area (Å²) in [5.41, 5.74) is 11.6. The minimum Gasteiger partial charge on any atom is -0.333 e. The fourth-order valence-corrected chi connectivity index (χ4v) is 10.2. The maximum atomic E-state index is 5.45. The first kappa shape index (κ1) is 32.2. The number of anilines is 2. The van der Waals surface area contributed by atoms with E-state index in [1.54, 1.807) is 11.3 Å². The molecule has 0 saturated carbocycles. The lowest BCUT2D eigenvalue weighted by atomic mass is 9.90. The van der Waals surface area contributed by atoms with E-state index in [1.165, 1.54) is 60.1 Å². The lowest BCUT2D eigenvalue weighted by Gasteiger charge is -2.29. The molecule has 0 spiro atoms. The summed E-state index contributed by atoms with van der Waals surface area (Å²) in [7, 11) is 0. The topological polar surface area (TPSA) is 34.0 Å². The molecule has 0 saturated heterocycles. The Morgan fingerprint density at radius 2 is 1.21 bits per heavy atom. The van der Waals surface area contributed by atoms with Crippen molar-refractivity contribution in [3.05, 3.63) is 200 Å². The molecule has 4 heterocycles. The number of hydrogen-bond donors (Lipinski definition) is 0. The summed E-state index contributed by atoms with van der Waals surface area (Å²) in [6, 6.07) is 61.5. The molecule has 0 bridgehead atoms. The summed E-state index contributed by atoms with van der Waals surface area (Å²) < 4.78 is 2.28. The van der Waals surface area contributed by atoms with Crippen molar-refractivity contribution in [2.75, 3.05) is 4.90 Å². The van der Waals surface area contributed by atoms with Crippen LogP contribution in [0.2, 0.25) is 0 Å². The largest absolute Gasteiger partial charge is 0.333 e. The van der Waals surface area contributed by atoms with Crippen LogP contribution in [0, 0.1) is 0 Å². The van der Waals surface area contributed by atoms with Crippen LogP contribution >= 0.6 is 11.3 Å². The van der Waals surface area contributed by atoms with Crippen LogP contribution in [0.25, 0.3) is 81.6 Å². The monoisotopic (exact) mass is 746 g/mol. The summed E-state index contributed by atoms with van der Waals surface area (Å²) in [4.78, 5) is 15.5. The number of hydrogen-bond acceptors (Lipinski definition) is 4. The molecule has 0 fully saturated rings.